The van der Waals surface area contributed by atoms with E-state index >= 15 is 0 Å². The van der Waals surface area contributed by atoms with E-state index in [9.17, 15) is 4.79 Å². The molecule has 0 atom stereocenters. The van der Waals surface area contributed by atoms with Gasteiger partial charge < -0.3 is 9.30 Å². The van der Waals surface area contributed by atoms with Gasteiger partial charge in [0.15, 0.2) is 0 Å². The number of aromatic nitrogens is 4. The molecule has 3 aromatic heterocycles. The first-order valence-electron chi connectivity index (χ1n) is 11.3. The number of carbonyl (C=O) groups is 1. The first-order chi connectivity index (χ1) is 16.7. The van der Waals surface area contributed by atoms with Crippen LogP contribution < -0.4 is 0 Å². The Morgan fingerprint density at radius 3 is 2.68 bits per heavy atom. The van der Waals surface area contributed by atoms with Gasteiger partial charge in [0.1, 0.15) is 15.4 Å². The largest absolute Gasteiger partial charge is 0.466 e. The number of hydrogen-bond acceptors (Lipinski definition) is 6. The predicted octanol–water partition coefficient (Wildman–Crippen LogP) is 5.52. The van der Waals surface area contributed by atoms with Crippen molar-refractivity contribution in [3.8, 4) is 10.6 Å². The van der Waals surface area contributed by atoms with Crippen LogP contribution in [0.3, 0.4) is 0 Å². The lowest BCUT2D eigenvalue weighted by molar-refractivity contribution is -0.143. The summed E-state index contributed by atoms with van der Waals surface area (Å²) < 4.78 is 7.01. The lowest BCUT2D eigenvalue weighted by Gasteiger charge is -2.15. The number of thiazole rings is 1. The van der Waals surface area contributed by atoms with Gasteiger partial charge in [-0.2, -0.15) is 0 Å². The van der Waals surface area contributed by atoms with Gasteiger partial charge in [0.05, 0.1) is 41.5 Å². The average Bonchev–Trinajstić information content (AvgIpc) is 3.41. The highest BCUT2D eigenvalue weighted by atomic mass is 32.1. The second kappa shape index (κ2) is 8.18. The summed E-state index contributed by atoms with van der Waals surface area (Å²) in [5.74, 6) is -0.197. The highest BCUT2D eigenvalue weighted by molar-refractivity contribution is 7.21. The number of ether oxygens (including phenoxy) is 1. The Balaban J connectivity index is 1.28. The summed E-state index contributed by atoms with van der Waals surface area (Å²) in [5.41, 5.74) is 5.82. The number of fused-ring (bicyclic) bond motifs is 2. The molecule has 0 N–H and O–H groups in total. The minimum atomic E-state index is -0.200. The van der Waals surface area contributed by atoms with Crippen molar-refractivity contribution >= 4 is 38.7 Å². The zero-order valence-corrected chi connectivity index (χ0v) is 19.5. The first kappa shape index (κ1) is 20.7. The van der Waals surface area contributed by atoms with Gasteiger partial charge in [-0.3, -0.25) is 4.79 Å². The number of allylic oxidation sites excluding steroid dienone is 2. The number of aryl methyl sites for hydroxylation is 1. The Bertz CT molecular complexity index is 1550. The Hall–Kier alpha value is -3.84. The lowest BCUT2D eigenvalue weighted by atomic mass is 9.89. The maximum atomic E-state index is 11.7. The Labute approximate surface area is 200 Å². The van der Waals surface area contributed by atoms with Crippen molar-refractivity contribution in [1.29, 1.82) is 0 Å². The molecular formula is C27H22N4O2S. The van der Waals surface area contributed by atoms with Gasteiger partial charge in [0.2, 0.25) is 0 Å². The summed E-state index contributed by atoms with van der Waals surface area (Å²) in [6.07, 6.45) is 6.49. The van der Waals surface area contributed by atoms with E-state index in [0.29, 0.717) is 19.6 Å². The molecule has 6 nitrogen and oxygen atoms in total. The fourth-order valence-electron chi connectivity index (χ4n) is 4.30. The molecule has 0 aliphatic heterocycles. The van der Waals surface area contributed by atoms with Crippen LogP contribution in [0.2, 0.25) is 0 Å². The fourth-order valence-corrected chi connectivity index (χ4v) is 5.23. The summed E-state index contributed by atoms with van der Waals surface area (Å²) >= 11 is 1.59. The number of pyridine rings is 1. The maximum Gasteiger partial charge on any atom is 0.307 e. The molecule has 1 aliphatic rings. The van der Waals surface area contributed by atoms with Crippen molar-refractivity contribution in [3.05, 3.63) is 90.4 Å². The smallest absolute Gasteiger partial charge is 0.307 e. The minimum Gasteiger partial charge on any atom is -0.466 e. The third kappa shape index (κ3) is 3.58. The summed E-state index contributed by atoms with van der Waals surface area (Å²) in [4.78, 5) is 27.0. The van der Waals surface area contributed by atoms with Crippen LogP contribution in [0.5, 0.6) is 0 Å². The number of esters is 1. The number of benzene rings is 2. The summed E-state index contributed by atoms with van der Waals surface area (Å²) in [5, 5.41) is 0.917. The number of carbonyl (C=O) groups excluding carboxylic acids is 1. The molecule has 0 saturated carbocycles. The molecule has 0 bridgehead atoms. The molecule has 168 valence electrons. The molecule has 1 aliphatic carbocycles. The number of imidazole rings is 1. The van der Waals surface area contributed by atoms with Gasteiger partial charge >= 0.3 is 5.97 Å². The minimum absolute atomic E-state index is 0.197. The highest BCUT2D eigenvalue weighted by Crippen LogP contribution is 2.45. The van der Waals surface area contributed by atoms with Gasteiger partial charge in [-0.25, -0.2) is 15.0 Å². The van der Waals surface area contributed by atoms with Crippen molar-refractivity contribution in [2.45, 2.75) is 25.3 Å². The first-order valence-corrected chi connectivity index (χ1v) is 12.1. The second-order valence-electron chi connectivity index (χ2n) is 8.30. The molecule has 3 heterocycles. The van der Waals surface area contributed by atoms with E-state index in [2.05, 4.69) is 59.6 Å². The fraction of sp³-hybridized carbons (Fsp3) is 0.185. The van der Waals surface area contributed by atoms with Crippen LogP contribution in [-0.2, 0) is 21.5 Å². The summed E-state index contributed by atoms with van der Waals surface area (Å²) in [6.45, 7) is 2.75. The SMILES string of the molecule is CCOC(=O)CCn1cnc2cc(-c3nc4ccc(C5(c6ccccc6)C=C5)nc4s3)ccc21. The van der Waals surface area contributed by atoms with E-state index in [1.165, 1.54) is 5.56 Å². The van der Waals surface area contributed by atoms with Crippen LogP contribution in [0.25, 0.3) is 32.0 Å². The third-order valence-corrected chi connectivity index (χ3v) is 7.18. The Morgan fingerprint density at radius 2 is 1.88 bits per heavy atom. The molecule has 0 amide bonds. The van der Waals surface area contributed by atoms with Crippen LogP contribution in [-0.4, -0.2) is 32.1 Å². The van der Waals surface area contributed by atoms with Crippen molar-refractivity contribution in [2.75, 3.05) is 6.61 Å². The van der Waals surface area contributed by atoms with Crippen LogP contribution in [0, 0.1) is 0 Å². The zero-order valence-electron chi connectivity index (χ0n) is 18.6. The van der Waals surface area contributed by atoms with Crippen LogP contribution in [0.1, 0.15) is 24.6 Å². The molecule has 0 unspecified atom stereocenters. The molecule has 0 saturated heterocycles. The molecule has 2 aromatic carbocycles. The van der Waals surface area contributed by atoms with Gasteiger partial charge in [-0.1, -0.05) is 53.8 Å². The van der Waals surface area contributed by atoms with Gasteiger partial charge in [-0.15, -0.1) is 0 Å². The van der Waals surface area contributed by atoms with Crippen molar-refractivity contribution < 1.29 is 9.53 Å². The molecule has 0 spiro atoms. The molecule has 34 heavy (non-hydrogen) atoms. The van der Waals surface area contributed by atoms with E-state index in [1.54, 1.807) is 17.7 Å². The van der Waals surface area contributed by atoms with Gasteiger partial charge in [0, 0.05) is 12.1 Å². The number of nitrogens with zero attached hydrogens (tertiary/aromatic N) is 4. The zero-order chi connectivity index (χ0) is 23.1. The van der Waals surface area contributed by atoms with E-state index in [1.807, 2.05) is 29.7 Å². The lowest BCUT2D eigenvalue weighted by Crippen LogP contribution is -2.12. The average molecular weight is 467 g/mol. The molecule has 7 heteroatoms. The van der Waals surface area contributed by atoms with Crippen molar-refractivity contribution in [2.24, 2.45) is 0 Å². The predicted molar refractivity (Wildman–Crippen MR) is 134 cm³/mol. The Morgan fingerprint density at radius 1 is 1.03 bits per heavy atom. The Kier molecular flexibility index (Phi) is 4.99. The highest BCUT2D eigenvalue weighted by Gasteiger charge is 2.39. The summed E-state index contributed by atoms with van der Waals surface area (Å²) in [6, 6.07) is 20.7. The van der Waals surface area contributed by atoms with Gasteiger partial charge in [-0.05, 0) is 42.8 Å². The molecule has 5 aromatic rings. The second-order valence-corrected chi connectivity index (χ2v) is 9.28. The van der Waals surface area contributed by atoms with E-state index in [4.69, 9.17) is 14.7 Å². The van der Waals surface area contributed by atoms with Crippen LogP contribution in [0.15, 0.2) is 79.1 Å². The molecule has 0 fully saturated rings. The molecule has 0 radical (unpaired) electrons. The van der Waals surface area contributed by atoms with Crippen molar-refractivity contribution in [3.63, 3.8) is 0 Å². The summed E-state index contributed by atoms with van der Waals surface area (Å²) in [7, 11) is 0. The number of hydrogen-bond donors (Lipinski definition) is 0. The quantitative estimate of drug-likeness (QED) is 0.233. The maximum absolute atomic E-state index is 11.7. The molecular weight excluding hydrogens is 444 g/mol. The monoisotopic (exact) mass is 466 g/mol. The van der Waals surface area contributed by atoms with Crippen LogP contribution >= 0.6 is 11.3 Å². The van der Waals surface area contributed by atoms with Crippen LogP contribution in [0.4, 0.5) is 0 Å². The van der Waals surface area contributed by atoms with E-state index < -0.39 is 0 Å². The van der Waals surface area contributed by atoms with E-state index in [-0.39, 0.29) is 11.4 Å². The van der Waals surface area contributed by atoms with E-state index in [0.717, 1.165) is 37.6 Å². The molecule has 6 rings (SSSR count). The standard InChI is InChI=1S/C27H22N4O2S/c1-2-33-24(32)12-15-31-17-28-21-16-18(8-10-22(21)31)25-29-20-9-11-23(30-26(20)34-25)27(13-14-27)19-6-4-3-5-7-19/h3-11,13-14,16-17H,2,12,15H2,1H3. The van der Waals surface area contributed by atoms with Crippen molar-refractivity contribution in [1.82, 2.24) is 19.5 Å². The number of rotatable bonds is 7. The topological polar surface area (TPSA) is 69.9 Å². The third-order valence-electron chi connectivity index (χ3n) is 6.16. The normalized spacial score (nSPS) is 14.0. The van der Waals surface area contributed by atoms with Gasteiger partial charge in [0.25, 0.3) is 0 Å².